The van der Waals surface area contributed by atoms with Gasteiger partial charge in [-0.3, -0.25) is 4.79 Å². The number of thiophene rings is 1. The van der Waals surface area contributed by atoms with E-state index >= 15 is 0 Å². The minimum atomic E-state index is -0.0989. The van der Waals surface area contributed by atoms with Crippen molar-refractivity contribution >= 4 is 44.9 Å². The van der Waals surface area contributed by atoms with E-state index in [0.717, 1.165) is 39.7 Å². The predicted octanol–water partition coefficient (Wildman–Crippen LogP) is 5.40. The molecule has 0 radical (unpaired) electrons. The van der Waals surface area contributed by atoms with E-state index in [9.17, 15) is 4.79 Å². The van der Waals surface area contributed by atoms with Crippen molar-refractivity contribution in [2.24, 2.45) is 0 Å². The van der Waals surface area contributed by atoms with Crippen molar-refractivity contribution in [1.29, 1.82) is 0 Å². The van der Waals surface area contributed by atoms with E-state index < -0.39 is 0 Å². The van der Waals surface area contributed by atoms with Gasteiger partial charge >= 0.3 is 0 Å². The van der Waals surface area contributed by atoms with Crippen LogP contribution >= 0.6 is 11.3 Å². The zero-order chi connectivity index (χ0) is 17.7. The highest BCUT2D eigenvalue weighted by Crippen LogP contribution is 2.37. The Morgan fingerprint density at radius 1 is 1.12 bits per heavy atom. The molecule has 1 N–H and O–H groups in total. The molecule has 26 heavy (non-hydrogen) atoms. The highest BCUT2D eigenvalue weighted by molar-refractivity contribution is 7.14. The van der Waals surface area contributed by atoms with Gasteiger partial charge in [0.05, 0.1) is 17.7 Å². The van der Waals surface area contributed by atoms with Crippen LogP contribution in [0, 0.1) is 0 Å². The van der Waals surface area contributed by atoms with E-state index in [4.69, 9.17) is 9.15 Å². The molecule has 1 aliphatic rings. The van der Waals surface area contributed by atoms with E-state index in [-0.39, 0.29) is 5.91 Å². The lowest BCUT2D eigenvalue weighted by Crippen LogP contribution is -2.11. The summed E-state index contributed by atoms with van der Waals surface area (Å²) in [4.78, 5) is 14.8. The number of anilines is 1. The van der Waals surface area contributed by atoms with Gasteiger partial charge in [-0.2, -0.15) is 0 Å². The number of aryl methyl sites for hydroxylation is 2. The molecule has 1 aliphatic carbocycles. The van der Waals surface area contributed by atoms with Crippen LogP contribution in [0.2, 0.25) is 0 Å². The van der Waals surface area contributed by atoms with Crippen molar-refractivity contribution in [1.82, 2.24) is 0 Å². The fourth-order valence-corrected chi connectivity index (χ4v) is 4.79. The summed E-state index contributed by atoms with van der Waals surface area (Å²) >= 11 is 1.59. The highest BCUT2D eigenvalue weighted by Gasteiger charge is 2.20. The third-order valence-electron chi connectivity index (χ3n) is 4.92. The first kappa shape index (κ1) is 15.5. The lowest BCUT2D eigenvalue weighted by Gasteiger charge is -2.09. The minimum Gasteiger partial charge on any atom is -0.495 e. The Hall–Kier alpha value is -2.79. The van der Waals surface area contributed by atoms with Crippen LogP contribution < -0.4 is 10.1 Å². The number of carbonyl (C=O) groups excluding carboxylic acids is 1. The molecule has 0 fully saturated rings. The van der Waals surface area contributed by atoms with Crippen LogP contribution in [0.15, 0.2) is 46.9 Å². The van der Waals surface area contributed by atoms with Crippen molar-refractivity contribution in [3.05, 3.63) is 57.8 Å². The second-order valence-corrected chi connectivity index (χ2v) is 7.65. The van der Waals surface area contributed by atoms with Crippen LogP contribution in [0.1, 0.15) is 26.5 Å². The molecule has 5 rings (SSSR count). The molecule has 0 saturated heterocycles. The average molecular weight is 363 g/mol. The monoisotopic (exact) mass is 363 g/mol. The molecular weight excluding hydrogens is 346 g/mol. The van der Waals surface area contributed by atoms with Crippen LogP contribution in [0.25, 0.3) is 21.9 Å². The first-order chi connectivity index (χ1) is 12.7. The topological polar surface area (TPSA) is 51.5 Å². The smallest absolute Gasteiger partial charge is 0.265 e. The lowest BCUT2D eigenvalue weighted by molar-refractivity contribution is 0.103. The largest absolute Gasteiger partial charge is 0.495 e. The Morgan fingerprint density at radius 2 is 2.00 bits per heavy atom. The van der Waals surface area contributed by atoms with Crippen molar-refractivity contribution in [2.45, 2.75) is 19.3 Å². The van der Waals surface area contributed by atoms with E-state index in [1.807, 2.05) is 42.5 Å². The molecule has 4 nitrogen and oxygen atoms in total. The zero-order valence-corrected chi connectivity index (χ0v) is 15.1. The first-order valence-corrected chi connectivity index (χ1v) is 9.47. The van der Waals surface area contributed by atoms with Crippen LogP contribution in [0.5, 0.6) is 5.75 Å². The molecule has 0 unspecified atom stereocenters. The number of hydrogen-bond acceptors (Lipinski definition) is 4. The SMILES string of the molecule is COc1cc2c(cc1NC(=O)c1cc3c(s1)CCC3)oc1ccccc12. The maximum absolute atomic E-state index is 12.7. The number of benzene rings is 2. The number of amides is 1. The van der Waals surface area contributed by atoms with Gasteiger partial charge in [-0.15, -0.1) is 11.3 Å². The molecule has 2 heterocycles. The summed E-state index contributed by atoms with van der Waals surface area (Å²) in [6.07, 6.45) is 3.36. The maximum Gasteiger partial charge on any atom is 0.265 e. The van der Waals surface area contributed by atoms with E-state index in [0.29, 0.717) is 11.4 Å². The van der Waals surface area contributed by atoms with Gasteiger partial charge in [0.2, 0.25) is 0 Å². The summed E-state index contributed by atoms with van der Waals surface area (Å²) in [5.41, 5.74) is 3.50. The second kappa shape index (κ2) is 5.88. The number of methoxy groups -OCH3 is 1. The molecule has 5 heteroatoms. The maximum atomic E-state index is 12.7. The standard InChI is InChI=1S/C21H17NO3S/c1-24-18-10-14-13-6-2-3-7-16(13)25-17(14)11-15(18)22-21(23)20-9-12-5-4-8-19(12)26-20/h2-3,6-7,9-11H,4-5,8H2,1H3,(H,22,23). The lowest BCUT2D eigenvalue weighted by atomic mass is 10.1. The highest BCUT2D eigenvalue weighted by atomic mass is 32.1. The Balaban J connectivity index is 1.54. The average Bonchev–Trinajstić information content (AvgIpc) is 3.33. The van der Waals surface area contributed by atoms with Crippen LogP contribution in [-0.4, -0.2) is 13.0 Å². The molecule has 0 aliphatic heterocycles. The summed E-state index contributed by atoms with van der Waals surface area (Å²) in [5.74, 6) is 0.527. The number of para-hydroxylation sites is 1. The van der Waals surface area contributed by atoms with Gasteiger partial charge in [0.1, 0.15) is 16.9 Å². The predicted molar refractivity (Wildman–Crippen MR) is 105 cm³/mol. The quantitative estimate of drug-likeness (QED) is 0.530. The van der Waals surface area contributed by atoms with E-state index in [1.54, 1.807) is 18.4 Å². The van der Waals surface area contributed by atoms with Gasteiger partial charge < -0.3 is 14.5 Å². The van der Waals surface area contributed by atoms with E-state index in [2.05, 4.69) is 5.32 Å². The van der Waals surface area contributed by atoms with Crippen LogP contribution in [-0.2, 0) is 12.8 Å². The molecule has 0 spiro atoms. The van der Waals surface area contributed by atoms with Crippen molar-refractivity contribution in [3.63, 3.8) is 0 Å². The Labute approximate surface area is 154 Å². The number of carbonyl (C=O) groups is 1. The molecule has 4 aromatic rings. The van der Waals surface area contributed by atoms with Gasteiger partial charge in [-0.25, -0.2) is 0 Å². The number of nitrogens with one attached hydrogen (secondary N) is 1. The fraction of sp³-hybridized carbons (Fsp3) is 0.190. The van der Waals surface area contributed by atoms with Gasteiger partial charge in [-0.1, -0.05) is 18.2 Å². The Kier molecular flexibility index (Phi) is 3.50. The van der Waals surface area contributed by atoms with Crippen LogP contribution in [0.4, 0.5) is 5.69 Å². The molecule has 0 atom stereocenters. The normalized spacial score (nSPS) is 13.3. The third kappa shape index (κ3) is 2.39. The van der Waals surface area contributed by atoms with Gasteiger partial charge in [0.25, 0.3) is 5.91 Å². The molecule has 2 aromatic heterocycles. The van der Waals surface area contributed by atoms with Crippen molar-refractivity contribution < 1.29 is 13.9 Å². The second-order valence-electron chi connectivity index (χ2n) is 6.51. The van der Waals surface area contributed by atoms with E-state index in [1.165, 1.54) is 16.9 Å². The molecule has 130 valence electrons. The molecule has 1 amide bonds. The summed E-state index contributed by atoms with van der Waals surface area (Å²) < 4.78 is 11.4. The number of furan rings is 1. The zero-order valence-electron chi connectivity index (χ0n) is 14.3. The van der Waals surface area contributed by atoms with Gasteiger partial charge in [0.15, 0.2) is 0 Å². The summed E-state index contributed by atoms with van der Waals surface area (Å²) in [5, 5.41) is 5.00. The number of fused-ring (bicyclic) bond motifs is 4. The Bertz CT molecular complexity index is 1130. The van der Waals surface area contributed by atoms with Crippen molar-refractivity contribution in [2.75, 3.05) is 12.4 Å². The minimum absolute atomic E-state index is 0.0989. The number of rotatable bonds is 3. The molecule has 0 bridgehead atoms. The summed E-state index contributed by atoms with van der Waals surface area (Å²) in [6.45, 7) is 0. The Morgan fingerprint density at radius 3 is 2.85 bits per heavy atom. The molecular formula is C21H17NO3S. The number of hydrogen-bond donors (Lipinski definition) is 1. The fourth-order valence-electron chi connectivity index (χ4n) is 3.64. The molecule has 0 saturated carbocycles. The number of ether oxygens (including phenoxy) is 1. The summed E-state index contributed by atoms with van der Waals surface area (Å²) in [7, 11) is 1.61. The van der Waals surface area contributed by atoms with Crippen LogP contribution in [0.3, 0.4) is 0 Å². The molecule has 2 aromatic carbocycles. The van der Waals surface area contributed by atoms with Gasteiger partial charge in [-0.05, 0) is 43.0 Å². The first-order valence-electron chi connectivity index (χ1n) is 8.65. The third-order valence-corrected chi connectivity index (χ3v) is 6.15. The summed E-state index contributed by atoms with van der Waals surface area (Å²) in [6, 6.07) is 13.7. The van der Waals surface area contributed by atoms with Gasteiger partial charge in [0, 0.05) is 21.7 Å². The van der Waals surface area contributed by atoms with Crippen molar-refractivity contribution in [3.8, 4) is 5.75 Å².